The highest BCUT2D eigenvalue weighted by Crippen LogP contribution is 2.26. The van der Waals surface area contributed by atoms with Crippen LogP contribution < -0.4 is 10.1 Å². The molecule has 0 bridgehead atoms. The Balaban J connectivity index is 2.17. The first-order valence-corrected chi connectivity index (χ1v) is 11.5. The van der Waals surface area contributed by atoms with Crippen molar-refractivity contribution in [2.75, 3.05) is 13.2 Å². The Morgan fingerprint density at radius 3 is 2.35 bits per heavy atom. The lowest BCUT2D eigenvalue weighted by atomic mass is 10.1. The fourth-order valence-electron chi connectivity index (χ4n) is 3.08. The summed E-state index contributed by atoms with van der Waals surface area (Å²) in [5, 5.41) is 3.49. The number of nitrogens with zero attached hydrogens (tertiary/aromatic N) is 1. The number of amides is 2. The molecule has 1 atom stereocenters. The molecule has 0 radical (unpaired) electrons. The van der Waals surface area contributed by atoms with Gasteiger partial charge in [-0.05, 0) is 67.6 Å². The molecule has 0 fully saturated rings. The van der Waals surface area contributed by atoms with E-state index in [9.17, 15) is 9.59 Å². The predicted molar refractivity (Wildman–Crippen MR) is 128 cm³/mol. The van der Waals surface area contributed by atoms with E-state index in [1.54, 1.807) is 19.1 Å². The zero-order chi connectivity index (χ0) is 23.1. The van der Waals surface area contributed by atoms with E-state index in [1.165, 1.54) is 4.90 Å². The molecule has 0 unspecified atom stereocenters. The fourth-order valence-corrected chi connectivity index (χ4v) is 3.53. The van der Waals surface area contributed by atoms with Gasteiger partial charge in [0.25, 0.3) is 5.91 Å². The molecule has 0 aliphatic heterocycles. The third kappa shape index (κ3) is 7.54. The number of carbonyl (C=O) groups excluding carboxylic acids is 2. The van der Waals surface area contributed by atoms with Crippen molar-refractivity contribution in [1.29, 1.82) is 0 Å². The summed E-state index contributed by atoms with van der Waals surface area (Å²) in [5.74, 6) is 0.469. The number of hydrogen-bond acceptors (Lipinski definition) is 3. The Morgan fingerprint density at radius 2 is 1.77 bits per heavy atom. The van der Waals surface area contributed by atoms with Crippen molar-refractivity contribution in [2.45, 2.75) is 47.2 Å². The summed E-state index contributed by atoms with van der Waals surface area (Å²) in [6.07, 6.45) is 0. The average Bonchev–Trinajstić information content (AvgIpc) is 2.71. The number of benzene rings is 2. The van der Waals surface area contributed by atoms with Crippen LogP contribution >= 0.6 is 27.5 Å². The Hall–Kier alpha value is -2.05. The Kier molecular flexibility index (Phi) is 9.38. The molecule has 2 amide bonds. The van der Waals surface area contributed by atoms with Gasteiger partial charge < -0.3 is 15.0 Å². The SMILES string of the molecule is Cc1cc(OCC(=O)N(Cc2cccc(Cl)c2)[C@@H](C)C(=O)NCC(C)C)cc(C)c1Br. The summed E-state index contributed by atoms with van der Waals surface area (Å²) >= 11 is 9.64. The first-order chi connectivity index (χ1) is 14.6. The average molecular weight is 510 g/mol. The van der Waals surface area contributed by atoms with Gasteiger partial charge in [-0.2, -0.15) is 0 Å². The van der Waals surface area contributed by atoms with Crippen molar-refractivity contribution in [3.63, 3.8) is 0 Å². The molecular formula is C24H30BrClN2O3. The summed E-state index contributed by atoms with van der Waals surface area (Å²) in [6, 6.07) is 10.4. The molecule has 168 valence electrons. The molecule has 5 nitrogen and oxygen atoms in total. The van der Waals surface area contributed by atoms with Crippen molar-refractivity contribution in [2.24, 2.45) is 5.92 Å². The van der Waals surface area contributed by atoms with Crippen LogP contribution in [0, 0.1) is 19.8 Å². The highest BCUT2D eigenvalue weighted by Gasteiger charge is 2.26. The number of carbonyl (C=O) groups is 2. The van der Waals surface area contributed by atoms with Crippen LogP contribution in [0.3, 0.4) is 0 Å². The molecule has 0 saturated heterocycles. The van der Waals surface area contributed by atoms with E-state index >= 15 is 0 Å². The van der Waals surface area contributed by atoms with Crippen LogP contribution in [-0.2, 0) is 16.1 Å². The number of nitrogens with one attached hydrogen (secondary N) is 1. The van der Waals surface area contributed by atoms with Crippen LogP contribution in [0.25, 0.3) is 0 Å². The summed E-state index contributed by atoms with van der Waals surface area (Å²) in [7, 11) is 0. The Bertz CT molecular complexity index is 910. The van der Waals surface area contributed by atoms with Crippen molar-refractivity contribution in [1.82, 2.24) is 10.2 Å². The quantitative estimate of drug-likeness (QED) is 0.500. The van der Waals surface area contributed by atoms with Crippen LogP contribution in [0.5, 0.6) is 5.75 Å². The lowest BCUT2D eigenvalue weighted by Gasteiger charge is -2.29. The zero-order valence-electron chi connectivity index (χ0n) is 18.7. The van der Waals surface area contributed by atoms with E-state index in [0.717, 1.165) is 21.2 Å². The van der Waals surface area contributed by atoms with Crippen LogP contribution in [0.4, 0.5) is 0 Å². The Labute approximate surface area is 198 Å². The van der Waals surface area contributed by atoms with E-state index in [1.807, 2.05) is 52.0 Å². The maximum absolute atomic E-state index is 13.1. The van der Waals surface area contributed by atoms with Crippen LogP contribution in [0.1, 0.15) is 37.5 Å². The Morgan fingerprint density at radius 1 is 1.13 bits per heavy atom. The lowest BCUT2D eigenvalue weighted by molar-refractivity contribution is -0.142. The molecule has 7 heteroatoms. The molecule has 2 rings (SSSR count). The van der Waals surface area contributed by atoms with Crippen molar-refractivity contribution < 1.29 is 14.3 Å². The normalized spacial score (nSPS) is 11.9. The number of hydrogen-bond donors (Lipinski definition) is 1. The van der Waals surface area contributed by atoms with Gasteiger partial charge in [0.15, 0.2) is 6.61 Å². The van der Waals surface area contributed by atoms with Gasteiger partial charge in [-0.25, -0.2) is 0 Å². The minimum atomic E-state index is -0.651. The van der Waals surface area contributed by atoms with Gasteiger partial charge in [-0.15, -0.1) is 0 Å². The minimum absolute atomic E-state index is 0.164. The predicted octanol–water partition coefficient (Wildman–Crippen LogP) is 5.29. The van der Waals surface area contributed by atoms with Crippen molar-refractivity contribution in [3.05, 3.63) is 62.6 Å². The number of ether oxygens (including phenoxy) is 1. The molecule has 1 N–H and O–H groups in total. The molecule has 0 aromatic heterocycles. The van der Waals surface area contributed by atoms with Crippen LogP contribution in [0.2, 0.25) is 5.02 Å². The van der Waals surface area contributed by atoms with Gasteiger partial charge in [0.2, 0.25) is 5.91 Å². The van der Waals surface area contributed by atoms with Gasteiger partial charge in [0.1, 0.15) is 11.8 Å². The van der Waals surface area contributed by atoms with E-state index in [4.69, 9.17) is 16.3 Å². The first-order valence-electron chi connectivity index (χ1n) is 10.3. The van der Waals surface area contributed by atoms with E-state index in [-0.39, 0.29) is 25.0 Å². The fraction of sp³-hybridized carbons (Fsp3) is 0.417. The highest BCUT2D eigenvalue weighted by molar-refractivity contribution is 9.10. The third-order valence-corrected chi connectivity index (χ3v) is 6.35. The van der Waals surface area contributed by atoms with Crippen molar-refractivity contribution in [3.8, 4) is 5.75 Å². The maximum Gasteiger partial charge on any atom is 0.261 e. The second-order valence-electron chi connectivity index (χ2n) is 8.13. The van der Waals surface area contributed by atoms with Gasteiger partial charge in [0, 0.05) is 22.6 Å². The summed E-state index contributed by atoms with van der Waals surface area (Å²) < 4.78 is 6.80. The molecule has 0 aliphatic rings. The highest BCUT2D eigenvalue weighted by atomic mass is 79.9. The molecule has 0 spiro atoms. The van der Waals surface area contributed by atoms with Gasteiger partial charge >= 0.3 is 0 Å². The maximum atomic E-state index is 13.1. The van der Waals surface area contributed by atoms with E-state index < -0.39 is 6.04 Å². The van der Waals surface area contributed by atoms with Gasteiger partial charge in [0.05, 0.1) is 0 Å². The summed E-state index contributed by atoms with van der Waals surface area (Å²) in [6.45, 7) is 10.4. The standard InChI is InChI=1S/C24H30BrClN2O3/c1-15(2)12-27-24(30)18(5)28(13-19-7-6-8-20(26)11-19)22(29)14-31-21-9-16(3)23(25)17(4)10-21/h6-11,15,18H,12-14H2,1-5H3,(H,27,30)/t18-/m0/s1. The molecule has 2 aromatic carbocycles. The molecule has 0 aliphatic carbocycles. The third-order valence-electron chi connectivity index (χ3n) is 4.87. The smallest absolute Gasteiger partial charge is 0.261 e. The molecule has 0 saturated carbocycles. The minimum Gasteiger partial charge on any atom is -0.484 e. The summed E-state index contributed by atoms with van der Waals surface area (Å²) in [5.41, 5.74) is 2.90. The van der Waals surface area contributed by atoms with Crippen molar-refractivity contribution >= 4 is 39.3 Å². The molecule has 31 heavy (non-hydrogen) atoms. The largest absolute Gasteiger partial charge is 0.484 e. The van der Waals surface area contributed by atoms with Crippen LogP contribution in [0.15, 0.2) is 40.9 Å². The number of aryl methyl sites for hydroxylation is 2. The van der Waals surface area contributed by atoms with E-state index in [2.05, 4.69) is 21.2 Å². The molecule has 2 aromatic rings. The first kappa shape index (κ1) is 25.2. The topological polar surface area (TPSA) is 58.6 Å². The molecular weight excluding hydrogens is 480 g/mol. The monoisotopic (exact) mass is 508 g/mol. The van der Waals surface area contributed by atoms with Gasteiger partial charge in [-0.3, -0.25) is 9.59 Å². The van der Waals surface area contributed by atoms with Gasteiger partial charge in [-0.1, -0.05) is 53.5 Å². The second kappa shape index (κ2) is 11.5. The zero-order valence-corrected chi connectivity index (χ0v) is 21.0. The number of halogens is 2. The van der Waals surface area contributed by atoms with E-state index in [0.29, 0.717) is 23.2 Å². The lowest BCUT2D eigenvalue weighted by Crippen LogP contribution is -2.49. The second-order valence-corrected chi connectivity index (χ2v) is 9.36. The molecule has 0 heterocycles. The number of rotatable bonds is 9. The summed E-state index contributed by atoms with van der Waals surface area (Å²) in [4.78, 5) is 27.3. The van der Waals surface area contributed by atoms with Crippen LogP contribution in [-0.4, -0.2) is 35.9 Å².